The second kappa shape index (κ2) is 3.01. The molecule has 2 heterocycles. The fourth-order valence-corrected chi connectivity index (χ4v) is 2.06. The molecule has 5 heteroatoms. The van der Waals surface area contributed by atoms with Crippen molar-refractivity contribution in [3.05, 3.63) is 41.5 Å². The maximum absolute atomic E-state index is 12.0. The van der Waals surface area contributed by atoms with E-state index in [2.05, 4.69) is 4.74 Å². The van der Waals surface area contributed by atoms with Crippen LogP contribution in [0.2, 0.25) is 0 Å². The number of ether oxygens (including phenoxy) is 2. The Balaban J connectivity index is 1.94. The van der Waals surface area contributed by atoms with Crippen LogP contribution < -0.4 is 4.74 Å². The molecule has 3 rings (SSSR count). The van der Waals surface area contributed by atoms with E-state index in [1.165, 1.54) is 12.1 Å². The van der Waals surface area contributed by atoms with Crippen molar-refractivity contribution in [1.29, 1.82) is 0 Å². The van der Waals surface area contributed by atoms with Gasteiger partial charge >= 0.3 is 6.36 Å². The van der Waals surface area contributed by atoms with Gasteiger partial charge in [-0.25, -0.2) is 0 Å². The highest BCUT2D eigenvalue weighted by atomic mass is 19.4. The predicted molar refractivity (Wildman–Crippen MR) is 48.8 cm³/mol. The molecule has 2 bridgehead atoms. The third kappa shape index (κ3) is 1.48. The minimum atomic E-state index is -4.65. The topological polar surface area (TPSA) is 18.5 Å². The van der Waals surface area contributed by atoms with Gasteiger partial charge in [-0.15, -0.1) is 13.2 Å². The first-order valence-corrected chi connectivity index (χ1v) is 4.76. The third-order valence-electron chi connectivity index (χ3n) is 2.66. The lowest BCUT2D eigenvalue weighted by atomic mass is 9.97. The largest absolute Gasteiger partial charge is 0.573 e. The van der Waals surface area contributed by atoms with Crippen molar-refractivity contribution in [2.45, 2.75) is 18.6 Å². The average molecular weight is 228 g/mol. The summed E-state index contributed by atoms with van der Waals surface area (Å²) >= 11 is 0. The molecule has 2 aliphatic rings. The molecular weight excluding hydrogens is 221 g/mol. The van der Waals surface area contributed by atoms with E-state index in [1.54, 1.807) is 6.07 Å². The Labute approximate surface area is 89.3 Å². The van der Waals surface area contributed by atoms with Crippen molar-refractivity contribution in [3.8, 4) is 5.75 Å². The molecule has 0 aromatic heterocycles. The second-order valence-electron chi connectivity index (χ2n) is 3.70. The van der Waals surface area contributed by atoms with Gasteiger partial charge in [0.2, 0.25) is 0 Å². The minimum Gasteiger partial charge on any atom is -0.406 e. The van der Waals surface area contributed by atoms with E-state index in [0.717, 1.165) is 11.1 Å². The Morgan fingerprint density at radius 3 is 2.44 bits per heavy atom. The molecule has 0 saturated heterocycles. The molecule has 16 heavy (non-hydrogen) atoms. The fraction of sp³-hybridized carbons (Fsp3) is 0.273. The third-order valence-corrected chi connectivity index (χ3v) is 2.66. The summed E-state index contributed by atoms with van der Waals surface area (Å²) in [5.41, 5.74) is 1.68. The number of alkyl halides is 3. The van der Waals surface area contributed by atoms with Crippen molar-refractivity contribution >= 4 is 0 Å². The Hall–Kier alpha value is -1.49. The maximum Gasteiger partial charge on any atom is 0.573 e. The lowest BCUT2D eigenvalue weighted by Gasteiger charge is -2.12. The predicted octanol–water partition coefficient (Wildman–Crippen LogP) is 3.27. The van der Waals surface area contributed by atoms with E-state index in [9.17, 15) is 13.2 Å². The summed E-state index contributed by atoms with van der Waals surface area (Å²) in [6.07, 6.45) is -1.25. The molecule has 0 saturated carbocycles. The maximum atomic E-state index is 12.0. The van der Waals surface area contributed by atoms with Gasteiger partial charge in [-0.2, -0.15) is 0 Å². The SMILES string of the molecule is FC(F)(F)Oc1ccc2c(c1)[C@H]1C=C[C@H]2O1. The van der Waals surface area contributed by atoms with Gasteiger partial charge in [-0.1, -0.05) is 18.2 Å². The lowest BCUT2D eigenvalue weighted by molar-refractivity contribution is -0.274. The summed E-state index contributed by atoms with van der Waals surface area (Å²) in [7, 11) is 0. The zero-order valence-corrected chi connectivity index (χ0v) is 7.99. The van der Waals surface area contributed by atoms with Crippen molar-refractivity contribution < 1.29 is 22.6 Å². The molecule has 0 N–H and O–H groups in total. The van der Waals surface area contributed by atoms with Gasteiger partial charge in [0.05, 0.1) is 0 Å². The van der Waals surface area contributed by atoms with E-state index < -0.39 is 6.36 Å². The lowest BCUT2D eigenvalue weighted by Crippen LogP contribution is -2.17. The summed E-state index contributed by atoms with van der Waals surface area (Å²) in [6.45, 7) is 0. The Morgan fingerprint density at radius 2 is 1.75 bits per heavy atom. The Morgan fingerprint density at radius 1 is 1.06 bits per heavy atom. The number of hydrogen-bond donors (Lipinski definition) is 0. The monoisotopic (exact) mass is 228 g/mol. The highest BCUT2D eigenvalue weighted by Gasteiger charge is 2.35. The molecule has 0 aliphatic carbocycles. The molecule has 0 amide bonds. The summed E-state index contributed by atoms with van der Waals surface area (Å²) in [4.78, 5) is 0. The molecule has 0 unspecified atom stereocenters. The first-order valence-electron chi connectivity index (χ1n) is 4.76. The van der Waals surface area contributed by atoms with Crippen LogP contribution >= 0.6 is 0 Å². The molecule has 2 nitrogen and oxygen atoms in total. The van der Waals surface area contributed by atoms with Gasteiger partial charge < -0.3 is 9.47 Å². The second-order valence-corrected chi connectivity index (χ2v) is 3.70. The average Bonchev–Trinajstić information content (AvgIpc) is 2.75. The van der Waals surface area contributed by atoms with E-state index in [1.807, 2.05) is 12.2 Å². The number of fused-ring (bicyclic) bond motifs is 5. The molecule has 84 valence electrons. The van der Waals surface area contributed by atoms with Gasteiger partial charge in [0, 0.05) is 0 Å². The molecule has 0 radical (unpaired) electrons. The van der Waals surface area contributed by atoms with Gasteiger partial charge in [-0.05, 0) is 23.3 Å². The van der Waals surface area contributed by atoms with E-state index in [-0.39, 0.29) is 18.0 Å². The van der Waals surface area contributed by atoms with Crippen molar-refractivity contribution in [2.75, 3.05) is 0 Å². The van der Waals surface area contributed by atoms with Crippen LogP contribution in [0.1, 0.15) is 23.3 Å². The normalized spacial score (nSPS) is 25.9. The number of rotatable bonds is 1. The molecule has 0 fully saturated rings. The first kappa shape index (κ1) is 9.72. The zero-order chi connectivity index (χ0) is 11.3. The molecule has 1 aromatic rings. The quantitative estimate of drug-likeness (QED) is 0.687. The fourth-order valence-electron chi connectivity index (χ4n) is 2.06. The number of hydrogen-bond acceptors (Lipinski definition) is 2. The Bertz CT molecular complexity index is 465. The molecule has 2 atom stereocenters. The summed E-state index contributed by atoms with van der Waals surface area (Å²) in [6, 6.07) is 4.31. The van der Waals surface area contributed by atoms with Crippen molar-refractivity contribution in [3.63, 3.8) is 0 Å². The van der Waals surface area contributed by atoms with E-state index in [4.69, 9.17) is 4.74 Å². The van der Waals surface area contributed by atoms with E-state index in [0.29, 0.717) is 0 Å². The minimum absolute atomic E-state index is 0.111. The highest BCUT2D eigenvalue weighted by molar-refractivity contribution is 5.46. The van der Waals surface area contributed by atoms with Gasteiger partial charge in [-0.3, -0.25) is 0 Å². The molecule has 1 aromatic carbocycles. The van der Waals surface area contributed by atoms with Crippen LogP contribution in [0.3, 0.4) is 0 Å². The molecule has 2 aliphatic heterocycles. The van der Waals surface area contributed by atoms with E-state index >= 15 is 0 Å². The Kier molecular flexibility index (Phi) is 1.83. The molecule has 0 spiro atoms. The highest BCUT2D eigenvalue weighted by Crippen LogP contribution is 2.46. The zero-order valence-electron chi connectivity index (χ0n) is 7.99. The van der Waals surface area contributed by atoms with Gasteiger partial charge in [0.1, 0.15) is 18.0 Å². The standard InChI is InChI=1S/C11H7F3O2/c12-11(13,14)16-6-1-2-7-8(5-6)10-4-3-9(7)15-10/h1-5,9-10H/t9-,10-/m1/s1. The van der Waals surface area contributed by atoms with Gasteiger partial charge in [0.25, 0.3) is 0 Å². The van der Waals surface area contributed by atoms with Crippen molar-refractivity contribution in [1.82, 2.24) is 0 Å². The van der Waals surface area contributed by atoms with Crippen LogP contribution in [0.4, 0.5) is 13.2 Å². The van der Waals surface area contributed by atoms with Gasteiger partial charge in [0.15, 0.2) is 0 Å². The van der Waals surface area contributed by atoms with Crippen LogP contribution in [-0.4, -0.2) is 6.36 Å². The van der Waals surface area contributed by atoms with Crippen LogP contribution in [0.15, 0.2) is 30.4 Å². The first-order chi connectivity index (χ1) is 7.53. The van der Waals surface area contributed by atoms with Crippen LogP contribution in [0.25, 0.3) is 0 Å². The van der Waals surface area contributed by atoms with Crippen LogP contribution in [-0.2, 0) is 4.74 Å². The summed E-state index contributed by atoms with van der Waals surface area (Å²) < 4.78 is 45.4. The number of halogens is 3. The van der Waals surface area contributed by atoms with Crippen LogP contribution in [0.5, 0.6) is 5.75 Å². The van der Waals surface area contributed by atoms with Crippen LogP contribution in [0, 0.1) is 0 Å². The summed E-state index contributed by atoms with van der Waals surface area (Å²) in [5, 5.41) is 0. The molecular formula is C11H7F3O2. The van der Waals surface area contributed by atoms with Crippen molar-refractivity contribution in [2.24, 2.45) is 0 Å². The summed E-state index contributed by atoms with van der Waals surface area (Å²) in [5.74, 6) is -0.198. The smallest absolute Gasteiger partial charge is 0.406 e. The number of benzene rings is 1.